The highest BCUT2D eigenvalue weighted by Crippen LogP contribution is 2.02. The number of carboxylic acid groups (broad SMARTS) is 2. The van der Waals surface area contributed by atoms with Gasteiger partial charge in [0.1, 0.15) is 6.54 Å². The predicted molar refractivity (Wildman–Crippen MR) is 36.2 cm³/mol. The van der Waals surface area contributed by atoms with Crippen LogP contribution in [-0.4, -0.2) is 47.0 Å². The number of hydrogen-bond acceptors (Lipinski definition) is 3. The Kier molecular flexibility index (Phi) is 2.97. The van der Waals surface area contributed by atoms with Gasteiger partial charge in [-0.3, -0.25) is 0 Å². The molecule has 4 N–H and O–H groups in total. The SMILES string of the molecule is C[N+](CCN)(C(=O)O)C(=O)O. The highest BCUT2D eigenvalue weighted by Gasteiger charge is 2.40. The molecular weight excluding hydrogens is 152 g/mol. The van der Waals surface area contributed by atoms with E-state index < -0.39 is 16.7 Å². The fourth-order valence-corrected chi connectivity index (χ4v) is 0.531. The largest absolute Gasteiger partial charge is 0.524 e. The molecule has 0 aromatic carbocycles. The fourth-order valence-electron chi connectivity index (χ4n) is 0.531. The molecule has 0 saturated heterocycles. The van der Waals surface area contributed by atoms with Crippen molar-refractivity contribution in [2.24, 2.45) is 5.73 Å². The maximum atomic E-state index is 10.4. The molecule has 6 nitrogen and oxygen atoms in total. The number of rotatable bonds is 2. The summed E-state index contributed by atoms with van der Waals surface area (Å²) >= 11 is 0. The molecule has 2 amide bonds. The minimum absolute atomic E-state index is 0.0229. The minimum atomic E-state index is -1.41. The van der Waals surface area contributed by atoms with Gasteiger partial charge in [-0.1, -0.05) is 0 Å². The van der Waals surface area contributed by atoms with Crippen molar-refractivity contribution in [3.05, 3.63) is 0 Å². The van der Waals surface area contributed by atoms with E-state index in [2.05, 4.69) is 0 Å². The second-order valence-corrected chi connectivity index (χ2v) is 2.27. The Hall–Kier alpha value is -1.14. The molecule has 0 aliphatic rings. The molecule has 11 heavy (non-hydrogen) atoms. The lowest BCUT2D eigenvalue weighted by atomic mass is 10.5. The predicted octanol–water partition coefficient (Wildman–Crippen LogP) is -0.252. The Morgan fingerprint density at radius 2 is 1.73 bits per heavy atom. The summed E-state index contributed by atoms with van der Waals surface area (Å²) in [6.45, 7) is -0.0975. The number of nitrogens with two attached hydrogens (primary N) is 1. The summed E-state index contributed by atoms with van der Waals surface area (Å²) in [4.78, 5) is 20.8. The standard InChI is InChI=1S/C5H10N2O4/c1-7(3-2-6,4(8)9)5(10)11/h2-3,6H2,1H3,(H-,8,9,10,11)/p+1. The van der Waals surface area contributed by atoms with Crippen molar-refractivity contribution in [3.8, 4) is 0 Å². The van der Waals surface area contributed by atoms with E-state index in [1.807, 2.05) is 0 Å². The highest BCUT2D eigenvalue weighted by molar-refractivity contribution is 5.73. The van der Waals surface area contributed by atoms with Crippen molar-refractivity contribution in [2.45, 2.75) is 0 Å². The average molecular weight is 163 g/mol. The van der Waals surface area contributed by atoms with Crippen molar-refractivity contribution in [2.75, 3.05) is 20.1 Å². The van der Waals surface area contributed by atoms with Crippen LogP contribution >= 0.6 is 0 Å². The van der Waals surface area contributed by atoms with E-state index in [0.29, 0.717) is 0 Å². The molecule has 0 radical (unpaired) electrons. The number of amides is 2. The van der Waals surface area contributed by atoms with Gasteiger partial charge in [-0.25, -0.2) is 0 Å². The van der Waals surface area contributed by atoms with E-state index in [1.165, 1.54) is 0 Å². The Balaban J connectivity index is 4.52. The van der Waals surface area contributed by atoms with Gasteiger partial charge >= 0.3 is 12.2 Å². The lowest BCUT2D eigenvalue weighted by Gasteiger charge is -2.19. The van der Waals surface area contributed by atoms with Gasteiger partial charge in [0.15, 0.2) is 0 Å². The van der Waals surface area contributed by atoms with Crippen LogP contribution in [0, 0.1) is 0 Å². The molecule has 0 spiro atoms. The van der Waals surface area contributed by atoms with Gasteiger partial charge in [0.05, 0.1) is 7.05 Å². The Labute approximate surface area is 63.4 Å². The highest BCUT2D eigenvalue weighted by atomic mass is 16.4. The van der Waals surface area contributed by atoms with Crippen LogP contribution in [-0.2, 0) is 0 Å². The maximum absolute atomic E-state index is 10.4. The van der Waals surface area contributed by atoms with Gasteiger partial charge in [-0.15, -0.1) is 4.48 Å². The van der Waals surface area contributed by atoms with Gasteiger partial charge in [-0.05, 0) is 0 Å². The second-order valence-electron chi connectivity index (χ2n) is 2.27. The number of hydrogen-bond donors (Lipinski definition) is 3. The van der Waals surface area contributed by atoms with Crippen molar-refractivity contribution in [3.63, 3.8) is 0 Å². The van der Waals surface area contributed by atoms with E-state index in [-0.39, 0.29) is 13.1 Å². The van der Waals surface area contributed by atoms with Gasteiger partial charge in [-0.2, -0.15) is 9.59 Å². The average Bonchev–Trinajstić information content (AvgIpc) is 1.87. The molecule has 0 bridgehead atoms. The monoisotopic (exact) mass is 163 g/mol. The molecule has 0 atom stereocenters. The number of quaternary nitrogens is 1. The van der Waals surface area contributed by atoms with Crippen LogP contribution in [0.3, 0.4) is 0 Å². The Morgan fingerprint density at radius 3 is 1.82 bits per heavy atom. The first-order valence-corrected chi connectivity index (χ1v) is 2.97. The van der Waals surface area contributed by atoms with E-state index in [9.17, 15) is 9.59 Å². The molecule has 0 heterocycles. The normalized spacial score (nSPS) is 11.1. The molecule has 0 fully saturated rings. The number of likely N-dealkylation sites (N-methyl/N-ethyl adjacent to an activating group) is 1. The molecule has 0 rings (SSSR count). The minimum Gasteiger partial charge on any atom is -0.435 e. The quantitative estimate of drug-likeness (QED) is 0.487. The van der Waals surface area contributed by atoms with E-state index in [4.69, 9.17) is 15.9 Å². The summed E-state index contributed by atoms with van der Waals surface area (Å²) in [5.74, 6) is 0. The summed E-state index contributed by atoms with van der Waals surface area (Å²) in [6.07, 6.45) is -2.83. The lowest BCUT2D eigenvalue weighted by molar-refractivity contribution is -0.761. The van der Waals surface area contributed by atoms with Crippen molar-refractivity contribution in [1.29, 1.82) is 0 Å². The lowest BCUT2D eigenvalue weighted by Crippen LogP contribution is -2.54. The Bertz CT molecular complexity index is 165. The molecule has 0 unspecified atom stereocenters. The number of imide groups is 1. The van der Waals surface area contributed by atoms with Crippen LogP contribution in [0.1, 0.15) is 0 Å². The van der Waals surface area contributed by atoms with Crippen molar-refractivity contribution in [1.82, 2.24) is 0 Å². The molecular formula is C5H11N2O4+. The summed E-state index contributed by atoms with van der Waals surface area (Å²) in [6, 6.07) is 0. The molecule has 0 aromatic heterocycles. The third-order valence-electron chi connectivity index (χ3n) is 1.42. The zero-order valence-corrected chi connectivity index (χ0v) is 6.15. The van der Waals surface area contributed by atoms with Crippen LogP contribution in [0.25, 0.3) is 0 Å². The van der Waals surface area contributed by atoms with Gasteiger partial charge < -0.3 is 15.9 Å². The number of carbonyl (C=O) groups is 2. The third kappa shape index (κ3) is 1.89. The van der Waals surface area contributed by atoms with Crippen LogP contribution in [0.15, 0.2) is 0 Å². The molecule has 0 aromatic rings. The van der Waals surface area contributed by atoms with E-state index in [1.54, 1.807) is 0 Å². The zero-order valence-electron chi connectivity index (χ0n) is 6.15. The zero-order chi connectivity index (χ0) is 9.07. The summed E-state index contributed by atoms with van der Waals surface area (Å²) in [7, 11) is 1.08. The molecule has 0 aliphatic carbocycles. The van der Waals surface area contributed by atoms with Crippen molar-refractivity contribution >= 4 is 12.2 Å². The van der Waals surface area contributed by atoms with Crippen LogP contribution in [0.5, 0.6) is 0 Å². The maximum Gasteiger partial charge on any atom is 0.524 e. The van der Waals surface area contributed by atoms with E-state index >= 15 is 0 Å². The first kappa shape index (κ1) is 9.86. The first-order chi connectivity index (χ1) is 4.95. The molecule has 6 heteroatoms. The van der Waals surface area contributed by atoms with Gasteiger partial charge in [0, 0.05) is 6.54 Å². The van der Waals surface area contributed by atoms with Crippen LogP contribution in [0.2, 0.25) is 0 Å². The molecule has 64 valence electrons. The first-order valence-electron chi connectivity index (χ1n) is 2.97. The summed E-state index contributed by atoms with van der Waals surface area (Å²) < 4.78 is -1.09. The second kappa shape index (κ2) is 3.31. The topological polar surface area (TPSA) is 101 Å². The third-order valence-corrected chi connectivity index (χ3v) is 1.42. The smallest absolute Gasteiger partial charge is 0.435 e. The molecule has 0 saturated carbocycles. The summed E-state index contributed by atoms with van der Waals surface area (Å²) in [5, 5.41) is 16.9. The van der Waals surface area contributed by atoms with E-state index in [0.717, 1.165) is 7.05 Å². The van der Waals surface area contributed by atoms with Gasteiger partial charge in [0.2, 0.25) is 0 Å². The fraction of sp³-hybridized carbons (Fsp3) is 0.600. The van der Waals surface area contributed by atoms with Crippen molar-refractivity contribution < 1.29 is 24.3 Å². The number of nitrogens with zero attached hydrogens (tertiary/aromatic N) is 1. The Morgan fingerprint density at radius 1 is 1.36 bits per heavy atom. The van der Waals surface area contributed by atoms with Crippen LogP contribution in [0.4, 0.5) is 9.59 Å². The molecule has 0 aliphatic heterocycles. The van der Waals surface area contributed by atoms with Crippen LogP contribution < -0.4 is 5.73 Å². The van der Waals surface area contributed by atoms with Gasteiger partial charge in [0.25, 0.3) is 0 Å². The summed E-state index contributed by atoms with van der Waals surface area (Å²) in [5.41, 5.74) is 5.05.